The Balaban J connectivity index is 1.88. The van der Waals surface area contributed by atoms with Gasteiger partial charge >= 0.3 is 12.5 Å². The fourth-order valence-electron chi connectivity index (χ4n) is 3.34. The predicted octanol–water partition coefficient (Wildman–Crippen LogP) is 3.10. The van der Waals surface area contributed by atoms with Gasteiger partial charge in [0.25, 0.3) is 0 Å². The highest BCUT2D eigenvalue weighted by molar-refractivity contribution is 5.90. The van der Waals surface area contributed by atoms with E-state index >= 15 is 0 Å². The number of carbonyl (C=O) groups is 1. The van der Waals surface area contributed by atoms with Crippen molar-refractivity contribution in [1.82, 2.24) is 29.2 Å². The molecule has 0 saturated carbocycles. The Bertz CT molecular complexity index is 1240. The Kier molecular flexibility index (Phi) is 4.29. The number of aromatic carboxylic acids is 1. The van der Waals surface area contributed by atoms with Crippen molar-refractivity contribution in [3.63, 3.8) is 0 Å². The molecule has 0 radical (unpaired) electrons. The van der Waals surface area contributed by atoms with Crippen LogP contribution in [0.2, 0.25) is 0 Å². The minimum absolute atomic E-state index is 0.0176. The van der Waals surface area contributed by atoms with E-state index in [0.29, 0.717) is 38.4 Å². The Morgan fingerprint density at radius 1 is 1.28 bits per heavy atom. The molecule has 0 bridgehead atoms. The van der Waals surface area contributed by atoms with Crippen molar-refractivity contribution >= 4 is 11.5 Å². The molecule has 29 heavy (non-hydrogen) atoms. The monoisotopic (exact) mass is 402 g/mol. The van der Waals surface area contributed by atoms with Gasteiger partial charge < -0.3 is 9.84 Å². The molecule has 4 aromatic heterocycles. The van der Waals surface area contributed by atoms with E-state index < -0.39 is 12.5 Å². The summed E-state index contributed by atoms with van der Waals surface area (Å²) in [6.45, 7) is 0.490. The van der Waals surface area contributed by atoms with Crippen LogP contribution in [0.4, 0.5) is 8.78 Å². The van der Waals surface area contributed by atoms with Crippen LogP contribution < -0.4 is 4.74 Å². The summed E-state index contributed by atoms with van der Waals surface area (Å²) in [6, 6.07) is 3.43. The van der Waals surface area contributed by atoms with Gasteiger partial charge in [-0.3, -0.25) is 0 Å². The number of carboxylic acid groups (broad SMARTS) is 1. The van der Waals surface area contributed by atoms with Crippen molar-refractivity contribution < 1.29 is 23.4 Å². The topological polar surface area (TPSA) is 99.5 Å². The third kappa shape index (κ3) is 2.91. The van der Waals surface area contributed by atoms with Gasteiger partial charge in [0.1, 0.15) is 5.56 Å². The van der Waals surface area contributed by atoms with E-state index in [0.717, 1.165) is 0 Å². The van der Waals surface area contributed by atoms with Crippen LogP contribution in [0.3, 0.4) is 0 Å². The van der Waals surface area contributed by atoms with E-state index in [4.69, 9.17) is 4.74 Å². The van der Waals surface area contributed by atoms with E-state index in [9.17, 15) is 18.7 Å². The van der Waals surface area contributed by atoms with Gasteiger partial charge in [0.05, 0.1) is 30.2 Å². The maximum absolute atomic E-state index is 13.2. The van der Waals surface area contributed by atoms with Crippen LogP contribution in [0.1, 0.15) is 28.3 Å². The van der Waals surface area contributed by atoms with E-state index in [-0.39, 0.29) is 11.4 Å². The third-order valence-electron chi connectivity index (χ3n) is 4.65. The number of fused-ring (bicyclic) bond motifs is 1. The summed E-state index contributed by atoms with van der Waals surface area (Å²) < 4.78 is 35.1. The lowest BCUT2D eigenvalue weighted by Crippen LogP contribution is -2.02. The van der Waals surface area contributed by atoms with E-state index in [1.807, 2.05) is 0 Å². The molecule has 0 atom stereocenters. The first-order valence-corrected chi connectivity index (χ1v) is 8.50. The average molecular weight is 402 g/mol. The molecule has 0 spiro atoms. The molecule has 1 N–H and O–H groups in total. The summed E-state index contributed by atoms with van der Waals surface area (Å²) in [7, 11) is 1.34. The van der Waals surface area contributed by atoms with Gasteiger partial charge in [0.15, 0.2) is 0 Å². The number of aryl methyl sites for hydroxylation is 1. The summed E-state index contributed by atoms with van der Waals surface area (Å²) in [5.74, 6) is -1.18. The van der Waals surface area contributed by atoms with E-state index in [1.54, 1.807) is 42.9 Å². The van der Waals surface area contributed by atoms with Crippen molar-refractivity contribution in [2.75, 3.05) is 7.11 Å². The van der Waals surface area contributed by atoms with Crippen LogP contribution in [-0.4, -0.2) is 47.4 Å². The first-order chi connectivity index (χ1) is 13.8. The molecule has 0 aromatic carbocycles. The second-order valence-corrected chi connectivity index (χ2v) is 6.34. The maximum Gasteiger partial charge on any atom is 0.342 e. The van der Waals surface area contributed by atoms with Gasteiger partial charge in [-0.1, -0.05) is 0 Å². The molecule has 0 aliphatic heterocycles. The molecular weight excluding hydrogens is 386 g/mol. The number of ether oxygens (including phenoxy) is 1. The second-order valence-electron chi connectivity index (χ2n) is 6.34. The highest BCUT2D eigenvalue weighted by Crippen LogP contribution is 2.33. The molecule has 0 unspecified atom stereocenters. The Morgan fingerprint density at radius 3 is 2.62 bits per heavy atom. The summed E-state index contributed by atoms with van der Waals surface area (Å²) in [5.41, 5.74) is 3.10. The minimum atomic E-state index is -2.74. The lowest BCUT2D eigenvalue weighted by atomic mass is 10.1. The van der Waals surface area contributed by atoms with E-state index in [2.05, 4.69) is 15.3 Å². The van der Waals surface area contributed by atoms with Crippen LogP contribution >= 0.6 is 0 Å². The summed E-state index contributed by atoms with van der Waals surface area (Å²) in [4.78, 5) is 11.3. The van der Waals surface area contributed by atoms with Crippen molar-refractivity contribution in [1.29, 1.82) is 0 Å². The molecule has 4 rings (SSSR count). The smallest absolute Gasteiger partial charge is 0.342 e. The SMILES string of the molecule is COc1nn(-c2ccn3ncc(-c4c(C)nn(C(F)F)c4C)c3c2)cc1C(=O)O. The first kappa shape index (κ1) is 18.6. The largest absolute Gasteiger partial charge is 0.479 e. The molecular formula is C18H16F2N6O3. The fourth-order valence-corrected chi connectivity index (χ4v) is 3.34. The number of alkyl halides is 2. The van der Waals surface area contributed by atoms with Gasteiger partial charge in [-0.25, -0.2) is 18.7 Å². The van der Waals surface area contributed by atoms with Crippen molar-refractivity contribution in [2.45, 2.75) is 20.4 Å². The number of pyridine rings is 1. The van der Waals surface area contributed by atoms with Crippen LogP contribution in [0.5, 0.6) is 5.88 Å². The molecule has 9 nitrogen and oxygen atoms in total. The molecule has 0 fully saturated rings. The summed E-state index contributed by atoms with van der Waals surface area (Å²) in [5, 5.41) is 21.6. The highest BCUT2D eigenvalue weighted by Gasteiger charge is 2.22. The summed E-state index contributed by atoms with van der Waals surface area (Å²) >= 11 is 0. The van der Waals surface area contributed by atoms with Crippen LogP contribution in [0, 0.1) is 13.8 Å². The Labute approximate surface area is 162 Å². The zero-order valence-corrected chi connectivity index (χ0v) is 15.7. The van der Waals surface area contributed by atoms with Crippen LogP contribution in [0.25, 0.3) is 22.3 Å². The predicted molar refractivity (Wildman–Crippen MR) is 97.8 cm³/mol. The van der Waals surface area contributed by atoms with Crippen LogP contribution in [0.15, 0.2) is 30.7 Å². The molecule has 4 aromatic rings. The molecule has 0 amide bonds. The van der Waals surface area contributed by atoms with Crippen molar-refractivity contribution in [3.8, 4) is 22.7 Å². The number of methoxy groups -OCH3 is 1. The number of aromatic nitrogens is 6. The van der Waals surface area contributed by atoms with Gasteiger partial charge in [-0.05, 0) is 26.0 Å². The standard InChI is InChI=1S/C18H16F2N6O3/c1-9-15(10(2)26(22-9)18(19)20)12-7-21-24-5-4-11(6-14(12)24)25-8-13(17(27)28)16(23-25)29-3/h4-8,18H,1-3H3,(H,27,28). The number of hydrogen-bond donors (Lipinski definition) is 1. The average Bonchev–Trinajstić information content (AvgIpc) is 3.36. The minimum Gasteiger partial charge on any atom is -0.479 e. The molecule has 11 heteroatoms. The molecule has 0 aliphatic carbocycles. The normalized spacial score (nSPS) is 11.5. The summed E-state index contributed by atoms with van der Waals surface area (Å²) in [6.07, 6.45) is 4.59. The lowest BCUT2D eigenvalue weighted by molar-refractivity contribution is 0.0541. The van der Waals surface area contributed by atoms with Crippen LogP contribution in [-0.2, 0) is 0 Å². The number of rotatable bonds is 5. The lowest BCUT2D eigenvalue weighted by Gasteiger charge is -2.05. The number of carboxylic acids is 1. The second kappa shape index (κ2) is 6.69. The van der Waals surface area contributed by atoms with Crippen molar-refractivity contribution in [2.24, 2.45) is 0 Å². The first-order valence-electron chi connectivity index (χ1n) is 8.50. The quantitative estimate of drug-likeness (QED) is 0.551. The highest BCUT2D eigenvalue weighted by atomic mass is 19.3. The zero-order chi connectivity index (χ0) is 20.9. The number of halogens is 2. The van der Waals surface area contributed by atoms with Crippen molar-refractivity contribution in [3.05, 3.63) is 47.7 Å². The van der Waals surface area contributed by atoms with Gasteiger partial charge in [0, 0.05) is 29.2 Å². The maximum atomic E-state index is 13.2. The van der Waals surface area contributed by atoms with Gasteiger partial charge in [0.2, 0.25) is 5.88 Å². The fraction of sp³-hybridized carbons (Fsp3) is 0.222. The number of nitrogens with zero attached hydrogens (tertiary/aromatic N) is 6. The van der Waals surface area contributed by atoms with Gasteiger partial charge in [-0.15, -0.1) is 5.10 Å². The molecule has 150 valence electrons. The number of hydrogen-bond acceptors (Lipinski definition) is 5. The third-order valence-corrected chi connectivity index (χ3v) is 4.65. The van der Waals surface area contributed by atoms with E-state index in [1.165, 1.54) is 18.0 Å². The molecule has 4 heterocycles. The Morgan fingerprint density at radius 2 is 2.03 bits per heavy atom. The zero-order valence-electron chi connectivity index (χ0n) is 15.7. The molecule has 0 aliphatic rings. The molecule has 0 saturated heterocycles. The Hall–Kier alpha value is -3.76. The van der Waals surface area contributed by atoms with Gasteiger partial charge in [-0.2, -0.15) is 19.0 Å².